The number of carbonyl (C=O) groups is 3. The van der Waals surface area contributed by atoms with Gasteiger partial charge in [-0.25, -0.2) is 14.6 Å². The SMILES string of the molecule is COC(=O)C(NC(=O)c1cc(C(=O)O)c2cc(-c3cccc(C(F)(F)F)c3)ccc2n1)[C@@H](C)c1ccccc1. The van der Waals surface area contributed by atoms with Crippen LogP contribution in [0.5, 0.6) is 0 Å². The molecule has 2 atom stereocenters. The minimum absolute atomic E-state index is 0.135. The van der Waals surface area contributed by atoms with Gasteiger partial charge in [-0.05, 0) is 47.0 Å². The highest BCUT2D eigenvalue weighted by Gasteiger charge is 2.31. The van der Waals surface area contributed by atoms with Crippen LogP contribution in [-0.4, -0.2) is 41.1 Å². The molecule has 7 nitrogen and oxygen atoms in total. The number of halogens is 3. The first-order valence-electron chi connectivity index (χ1n) is 11.8. The number of nitrogens with zero attached hydrogens (tertiary/aromatic N) is 1. The van der Waals surface area contributed by atoms with Crippen LogP contribution < -0.4 is 5.32 Å². The van der Waals surface area contributed by atoms with Gasteiger partial charge in [0, 0.05) is 11.3 Å². The van der Waals surface area contributed by atoms with Crippen LogP contribution in [-0.2, 0) is 15.7 Å². The largest absolute Gasteiger partial charge is 0.478 e. The van der Waals surface area contributed by atoms with Gasteiger partial charge in [-0.15, -0.1) is 0 Å². The summed E-state index contributed by atoms with van der Waals surface area (Å²) in [5, 5.41) is 12.6. The molecule has 1 aromatic heterocycles. The molecule has 4 rings (SSSR count). The maximum atomic E-state index is 13.2. The number of aromatic nitrogens is 1. The number of carboxylic acid groups (broad SMARTS) is 1. The van der Waals surface area contributed by atoms with Gasteiger partial charge in [0.2, 0.25) is 0 Å². The van der Waals surface area contributed by atoms with E-state index in [2.05, 4.69) is 10.3 Å². The Bertz CT molecular complexity index is 1550. The van der Waals surface area contributed by atoms with Gasteiger partial charge in [-0.3, -0.25) is 4.79 Å². The zero-order valence-electron chi connectivity index (χ0n) is 20.8. The van der Waals surface area contributed by atoms with Crippen molar-refractivity contribution in [2.75, 3.05) is 7.11 Å². The predicted molar refractivity (Wildman–Crippen MR) is 137 cm³/mol. The highest BCUT2D eigenvalue weighted by atomic mass is 19.4. The van der Waals surface area contributed by atoms with Gasteiger partial charge >= 0.3 is 18.1 Å². The molecule has 4 aromatic rings. The van der Waals surface area contributed by atoms with Crippen LogP contribution in [0.4, 0.5) is 13.2 Å². The molecule has 39 heavy (non-hydrogen) atoms. The van der Waals surface area contributed by atoms with Crippen molar-refractivity contribution in [1.29, 1.82) is 0 Å². The van der Waals surface area contributed by atoms with E-state index in [-0.39, 0.29) is 27.7 Å². The fourth-order valence-corrected chi connectivity index (χ4v) is 4.25. The number of methoxy groups -OCH3 is 1. The third-order valence-electron chi connectivity index (χ3n) is 6.36. The van der Waals surface area contributed by atoms with Crippen molar-refractivity contribution < 1.29 is 37.4 Å². The molecule has 1 amide bonds. The zero-order chi connectivity index (χ0) is 28.3. The van der Waals surface area contributed by atoms with E-state index in [0.717, 1.165) is 23.8 Å². The number of pyridine rings is 1. The summed E-state index contributed by atoms with van der Waals surface area (Å²) in [7, 11) is 1.19. The van der Waals surface area contributed by atoms with Gasteiger partial charge in [-0.2, -0.15) is 13.2 Å². The quantitative estimate of drug-likeness (QED) is 0.294. The topological polar surface area (TPSA) is 106 Å². The van der Waals surface area contributed by atoms with Gasteiger partial charge in [0.15, 0.2) is 0 Å². The number of carbonyl (C=O) groups excluding carboxylic acids is 2. The Kier molecular flexibility index (Phi) is 7.66. The predicted octanol–water partition coefficient (Wildman–Crippen LogP) is 5.69. The fraction of sp³-hybridized carbons (Fsp3) is 0.172. The number of ether oxygens (including phenoxy) is 1. The zero-order valence-corrected chi connectivity index (χ0v) is 20.8. The van der Waals surface area contributed by atoms with Crippen molar-refractivity contribution >= 4 is 28.7 Å². The number of fused-ring (bicyclic) bond motifs is 1. The van der Waals surface area contributed by atoms with Crippen molar-refractivity contribution in [2.45, 2.75) is 25.1 Å². The van der Waals surface area contributed by atoms with Crippen molar-refractivity contribution in [3.05, 3.63) is 101 Å². The Labute approximate surface area is 221 Å². The molecule has 0 radical (unpaired) electrons. The summed E-state index contributed by atoms with van der Waals surface area (Å²) >= 11 is 0. The molecular weight excluding hydrogens is 513 g/mol. The van der Waals surface area contributed by atoms with E-state index in [1.807, 2.05) is 6.07 Å². The third kappa shape index (κ3) is 5.90. The molecule has 1 unspecified atom stereocenters. The van der Waals surface area contributed by atoms with Gasteiger partial charge in [-0.1, -0.05) is 55.5 Å². The van der Waals surface area contributed by atoms with Crippen molar-refractivity contribution in [2.24, 2.45) is 0 Å². The number of rotatable bonds is 7. The number of nitrogens with one attached hydrogen (secondary N) is 1. The molecule has 1 heterocycles. The van der Waals surface area contributed by atoms with E-state index < -0.39 is 41.5 Å². The summed E-state index contributed by atoms with van der Waals surface area (Å²) in [6, 6.07) is 18.0. The number of hydrogen-bond acceptors (Lipinski definition) is 5. The summed E-state index contributed by atoms with van der Waals surface area (Å²) in [4.78, 5) is 42.1. The third-order valence-corrected chi connectivity index (χ3v) is 6.36. The van der Waals surface area contributed by atoms with E-state index in [9.17, 15) is 32.7 Å². The molecule has 0 aliphatic carbocycles. The first kappa shape index (κ1) is 27.3. The monoisotopic (exact) mass is 536 g/mol. The van der Waals surface area contributed by atoms with E-state index in [4.69, 9.17) is 4.74 Å². The van der Waals surface area contributed by atoms with Crippen LogP contribution in [0.25, 0.3) is 22.0 Å². The van der Waals surface area contributed by atoms with Crippen molar-refractivity contribution in [3.63, 3.8) is 0 Å². The lowest BCUT2D eigenvalue weighted by Gasteiger charge is -2.23. The number of aromatic carboxylic acids is 1. The molecule has 2 N–H and O–H groups in total. The maximum absolute atomic E-state index is 13.2. The lowest BCUT2D eigenvalue weighted by Crippen LogP contribution is -2.45. The maximum Gasteiger partial charge on any atom is 0.416 e. The summed E-state index contributed by atoms with van der Waals surface area (Å²) in [5.41, 5.74) is 0.131. The molecule has 0 aliphatic rings. The van der Waals surface area contributed by atoms with E-state index in [1.165, 1.54) is 37.4 Å². The van der Waals surface area contributed by atoms with E-state index in [1.54, 1.807) is 31.2 Å². The summed E-state index contributed by atoms with van der Waals surface area (Å²) in [5.74, 6) is -3.32. The average Bonchev–Trinajstić information content (AvgIpc) is 2.94. The number of hydrogen-bond donors (Lipinski definition) is 2. The first-order valence-corrected chi connectivity index (χ1v) is 11.8. The fourth-order valence-electron chi connectivity index (χ4n) is 4.25. The Balaban J connectivity index is 1.71. The number of carboxylic acids is 1. The molecule has 0 aliphatic heterocycles. The molecule has 200 valence electrons. The molecule has 3 aromatic carbocycles. The summed E-state index contributed by atoms with van der Waals surface area (Å²) in [6.45, 7) is 1.74. The Morgan fingerprint density at radius 1 is 0.923 bits per heavy atom. The standard InChI is InChI=1S/C29H23F3N2O5/c1-16(17-7-4-3-5-8-17)25(28(38)39-2)34-26(35)24-15-22(27(36)37)21-14-19(11-12-23(21)33-24)18-9-6-10-20(13-18)29(30,31)32/h3-16,25H,1-2H3,(H,34,35)(H,36,37)/t16-,25?/m0/s1. The van der Waals surface area contributed by atoms with Crippen LogP contribution >= 0.6 is 0 Å². The minimum atomic E-state index is -4.54. The van der Waals surface area contributed by atoms with Gasteiger partial charge < -0.3 is 15.2 Å². The number of alkyl halides is 3. The molecule has 0 bridgehead atoms. The Morgan fingerprint density at radius 2 is 1.62 bits per heavy atom. The molecular formula is C29H23F3N2O5. The van der Waals surface area contributed by atoms with Gasteiger partial charge in [0.1, 0.15) is 11.7 Å². The summed E-state index contributed by atoms with van der Waals surface area (Å²) in [6.07, 6.45) is -4.54. The first-order chi connectivity index (χ1) is 18.5. The highest BCUT2D eigenvalue weighted by molar-refractivity contribution is 6.07. The van der Waals surface area contributed by atoms with E-state index in [0.29, 0.717) is 5.56 Å². The molecule has 0 saturated heterocycles. The number of amides is 1. The van der Waals surface area contributed by atoms with Crippen LogP contribution in [0.2, 0.25) is 0 Å². The van der Waals surface area contributed by atoms with E-state index >= 15 is 0 Å². The van der Waals surface area contributed by atoms with Gasteiger partial charge in [0.25, 0.3) is 5.91 Å². The van der Waals surface area contributed by atoms with Crippen LogP contribution in [0.1, 0.15) is 44.8 Å². The lowest BCUT2D eigenvalue weighted by atomic mass is 9.93. The normalized spacial score (nSPS) is 12.9. The summed E-state index contributed by atoms with van der Waals surface area (Å²) < 4.78 is 44.4. The minimum Gasteiger partial charge on any atom is -0.478 e. The highest BCUT2D eigenvalue weighted by Crippen LogP contribution is 2.33. The lowest BCUT2D eigenvalue weighted by molar-refractivity contribution is -0.143. The Morgan fingerprint density at radius 3 is 2.26 bits per heavy atom. The second-order valence-corrected chi connectivity index (χ2v) is 8.84. The van der Waals surface area contributed by atoms with Crippen molar-refractivity contribution in [3.8, 4) is 11.1 Å². The molecule has 0 saturated carbocycles. The molecule has 0 spiro atoms. The smallest absolute Gasteiger partial charge is 0.416 e. The second-order valence-electron chi connectivity index (χ2n) is 8.84. The van der Waals surface area contributed by atoms with Crippen molar-refractivity contribution in [1.82, 2.24) is 10.3 Å². The van der Waals surface area contributed by atoms with Crippen LogP contribution in [0, 0.1) is 0 Å². The van der Waals surface area contributed by atoms with Crippen LogP contribution in [0.3, 0.4) is 0 Å². The van der Waals surface area contributed by atoms with Crippen LogP contribution in [0.15, 0.2) is 78.9 Å². The van der Waals surface area contributed by atoms with Gasteiger partial charge in [0.05, 0.1) is 23.8 Å². The Hall–Kier alpha value is -4.73. The molecule has 10 heteroatoms. The second kappa shape index (κ2) is 10.9. The number of benzene rings is 3. The average molecular weight is 537 g/mol. The molecule has 0 fully saturated rings. The number of esters is 1.